The highest BCUT2D eigenvalue weighted by Crippen LogP contribution is 2.27. The molecule has 0 aliphatic heterocycles. The summed E-state index contributed by atoms with van der Waals surface area (Å²) in [5, 5.41) is 20.0. The first-order valence-corrected chi connectivity index (χ1v) is 7.03. The second kappa shape index (κ2) is 6.13. The highest BCUT2D eigenvalue weighted by Gasteiger charge is 2.27. The number of nitrogens with one attached hydrogen (secondary N) is 1. The molecule has 1 unspecified atom stereocenters. The van der Waals surface area contributed by atoms with Crippen molar-refractivity contribution in [3.8, 4) is 0 Å². The number of rotatable bonds is 6. The number of anilines is 1. The Balaban J connectivity index is 3.35. The summed E-state index contributed by atoms with van der Waals surface area (Å²) in [4.78, 5) is 9.71. The van der Waals surface area contributed by atoms with Gasteiger partial charge >= 0.3 is 0 Å². The summed E-state index contributed by atoms with van der Waals surface area (Å²) < 4.78 is 25.5. The molecule has 0 aromatic heterocycles. The first kappa shape index (κ1) is 16.3. The van der Waals surface area contributed by atoms with Crippen LogP contribution in [0.3, 0.4) is 0 Å². The number of nitrogens with zero attached hydrogens (tertiary/aromatic N) is 2. The average molecular weight is 304 g/mol. The van der Waals surface area contributed by atoms with Gasteiger partial charge in [0.1, 0.15) is 4.90 Å². The van der Waals surface area contributed by atoms with Gasteiger partial charge in [0.25, 0.3) is 5.69 Å². The van der Waals surface area contributed by atoms with Crippen LogP contribution in [0.4, 0.5) is 11.4 Å². The lowest BCUT2D eigenvalue weighted by Gasteiger charge is -2.20. The zero-order valence-electron chi connectivity index (χ0n) is 11.0. The smallest absolute Gasteiger partial charge is 0.270 e. The molecular weight excluding hydrogens is 288 g/mol. The van der Waals surface area contributed by atoms with E-state index in [1.807, 2.05) is 0 Å². The Morgan fingerprint density at radius 2 is 2.15 bits per heavy atom. The number of hydrogen-bond acceptors (Lipinski definition) is 7. The molecular formula is C10H16N4O5S. The van der Waals surface area contributed by atoms with Crippen LogP contribution < -0.4 is 11.3 Å². The Morgan fingerprint density at radius 3 is 2.60 bits per heavy atom. The van der Waals surface area contributed by atoms with E-state index in [4.69, 9.17) is 5.84 Å². The number of nitro benzene ring substituents is 1. The van der Waals surface area contributed by atoms with Crippen molar-refractivity contribution in [3.63, 3.8) is 0 Å². The second-order valence-electron chi connectivity index (χ2n) is 4.22. The molecule has 20 heavy (non-hydrogen) atoms. The molecule has 0 radical (unpaired) electrons. The number of non-ortho nitro benzene ring substituents is 1. The maximum absolute atomic E-state index is 12.3. The molecule has 1 aromatic carbocycles. The summed E-state index contributed by atoms with van der Waals surface area (Å²) in [5.74, 6) is 5.22. The van der Waals surface area contributed by atoms with E-state index in [0.29, 0.717) is 0 Å². The fraction of sp³-hybridized carbons (Fsp3) is 0.400. The number of aliphatic hydroxyl groups is 1. The van der Waals surface area contributed by atoms with Crippen molar-refractivity contribution in [2.75, 3.05) is 19.0 Å². The van der Waals surface area contributed by atoms with Gasteiger partial charge < -0.3 is 10.5 Å². The molecule has 10 heteroatoms. The third-order valence-corrected chi connectivity index (χ3v) is 4.40. The topological polar surface area (TPSA) is 139 Å². The molecule has 4 N–H and O–H groups in total. The van der Waals surface area contributed by atoms with Crippen molar-refractivity contribution in [2.24, 2.45) is 5.84 Å². The molecule has 0 aliphatic carbocycles. The molecule has 0 saturated heterocycles. The number of hydrogen-bond donors (Lipinski definition) is 3. The van der Waals surface area contributed by atoms with Crippen LogP contribution in [0.5, 0.6) is 0 Å². The van der Waals surface area contributed by atoms with Crippen molar-refractivity contribution in [2.45, 2.75) is 17.9 Å². The zero-order valence-corrected chi connectivity index (χ0v) is 11.8. The third-order valence-electron chi connectivity index (χ3n) is 2.54. The van der Waals surface area contributed by atoms with E-state index in [-0.39, 0.29) is 22.8 Å². The van der Waals surface area contributed by atoms with E-state index in [2.05, 4.69) is 5.43 Å². The lowest BCUT2D eigenvalue weighted by molar-refractivity contribution is -0.385. The fourth-order valence-electron chi connectivity index (χ4n) is 1.60. The molecule has 0 saturated carbocycles. The summed E-state index contributed by atoms with van der Waals surface area (Å²) in [6.45, 7) is 1.29. The van der Waals surface area contributed by atoms with E-state index in [9.17, 15) is 23.6 Å². The van der Waals surface area contributed by atoms with Crippen LogP contribution in [0.15, 0.2) is 23.1 Å². The van der Waals surface area contributed by atoms with Crippen LogP contribution in [0.1, 0.15) is 6.92 Å². The van der Waals surface area contributed by atoms with Crippen LogP contribution in [0.2, 0.25) is 0 Å². The molecule has 0 bridgehead atoms. The number of nitrogens with two attached hydrogens (primary N) is 1. The largest absolute Gasteiger partial charge is 0.392 e. The van der Waals surface area contributed by atoms with E-state index in [1.54, 1.807) is 0 Å². The van der Waals surface area contributed by atoms with Gasteiger partial charge in [-0.1, -0.05) is 0 Å². The predicted octanol–water partition coefficient (Wildman–Crippen LogP) is -0.118. The van der Waals surface area contributed by atoms with Gasteiger partial charge in [0.05, 0.1) is 16.7 Å². The van der Waals surface area contributed by atoms with E-state index in [0.717, 1.165) is 16.4 Å². The van der Waals surface area contributed by atoms with Gasteiger partial charge in [-0.15, -0.1) is 0 Å². The molecule has 1 rings (SSSR count). The molecule has 0 spiro atoms. The van der Waals surface area contributed by atoms with Crippen molar-refractivity contribution in [3.05, 3.63) is 28.3 Å². The normalized spacial score (nSPS) is 13.2. The van der Waals surface area contributed by atoms with Crippen molar-refractivity contribution >= 4 is 21.4 Å². The lowest BCUT2D eigenvalue weighted by Crippen LogP contribution is -2.33. The number of nitro groups is 1. The van der Waals surface area contributed by atoms with Crippen molar-refractivity contribution < 1.29 is 18.4 Å². The van der Waals surface area contributed by atoms with Crippen LogP contribution in [-0.2, 0) is 10.0 Å². The molecule has 112 valence electrons. The average Bonchev–Trinajstić information content (AvgIpc) is 2.36. The number of sulfonamides is 1. The highest BCUT2D eigenvalue weighted by molar-refractivity contribution is 7.89. The van der Waals surface area contributed by atoms with Gasteiger partial charge in [0, 0.05) is 25.7 Å². The molecule has 0 heterocycles. The number of nitrogen functional groups attached to an aromatic ring is 1. The summed E-state index contributed by atoms with van der Waals surface area (Å²) in [6, 6.07) is 3.27. The maximum atomic E-state index is 12.3. The first-order valence-electron chi connectivity index (χ1n) is 5.59. The van der Waals surface area contributed by atoms with Crippen LogP contribution in [-0.4, -0.2) is 42.4 Å². The van der Waals surface area contributed by atoms with Crippen LogP contribution in [0, 0.1) is 10.1 Å². The van der Waals surface area contributed by atoms with Gasteiger partial charge in [0.2, 0.25) is 10.0 Å². The number of likely N-dealkylation sites (N-methyl/N-ethyl adjacent to an activating group) is 1. The molecule has 9 nitrogen and oxygen atoms in total. The summed E-state index contributed by atoms with van der Waals surface area (Å²) >= 11 is 0. The SMILES string of the molecule is CC(O)CN(C)S(=O)(=O)c1cc([N+](=O)[O-])ccc1NN. The fourth-order valence-corrected chi connectivity index (χ4v) is 3.02. The standard InChI is InChI=1S/C10H16N4O5S/c1-7(15)6-13(2)20(18,19)10-5-8(14(16)17)3-4-9(10)12-11/h3-5,7,12,15H,6,11H2,1-2H3. The third kappa shape index (κ3) is 3.42. The lowest BCUT2D eigenvalue weighted by atomic mass is 10.3. The molecule has 1 atom stereocenters. The van der Waals surface area contributed by atoms with Crippen molar-refractivity contribution in [1.29, 1.82) is 0 Å². The Kier molecular flexibility index (Phi) is 5.00. The van der Waals surface area contributed by atoms with Gasteiger partial charge in [-0.05, 0) is 13.0 Å². The number of hydrazine groups is 1. The van der Waals surface area contributed by atoms with Gasteiger partial charge in [-0.25, -0.2) is 8.42 Å². The Hall–Kier alpha value is -1.75. The van der Waals surface area contributed by atoms with Gasteiger partial charge in [-0.3, -0.25) is 16.0 Å². The van der Waals surface area contributed by atoms with Crippen LogP contribution >= 0.6 is 0 Å². The minimum atomic E-state index is -4.01. The van der Waals surface area contributed by atoms with Crippen molar-refractivity contribution in [1.82, 2.24) is 4.31 Å². The molecule has 0 aliphatic rings. The van der Waals surface area contributed by atoms with Gasteiger partial charge in [-0.2, -0.15) is 4.31 Å². The second-order valence-corrected chi connectivity index (χ2v) is 6.23. The Morgan fingerprint density at radius 1 is 1.55 bits per heavy atom. The highest BCUT2D eigenvalue weighted by atomic mass is 32.2. The quantitative estimate of drug-likeness (QED) is 0.378. The van der Waals surface area contributed by atoms with E-state index < -0.39 is 21.1 Å². The summed E-state index contributed by atoms with van der Waals surface area (Å²) in [5.41, 5.74) is 1.85. The van der Waals surface area contributed by atoms with E-state index in [1.165, 1.54) is 20.0 Å². The molecule has 0 fully saturated rings. The minimum absolute atomic E-state index is 0.0352. The van der Waals surface area contributed by atoms with Gasteiger partial charge in [0.15, 0.2) is 0 Å². The summed E-state index contributed by atoms with van der Waals surface area (Å²) in [7, 11) is -2.74. The summed E-state index contributed by atoms with van der Waals surface area (Å²) in [6.07, 6.45) is -0.872. The molecule has 1 aromatic rings. The monoisotopic (exact) mass is 304 g/mol. The number of benzene rings is 1. The first-order chi connectivity index (χ1) is 9.20. The predicted molar refractivity (Wildman–Crippen MR) is 72.4 cm³/mol. The Bertz CT molecular complexity index is 602. The van der Waals surface area contributed by atoms with Crippen LogP contribution in [0.25, 0.3) is 0 Å². The minimum Gasteiger partial charge on any atom is -0.392 e. The number of aliphatic hydroxyl groups excluding tert-OH is 1. The zero-order chi connectivity index (χ0) is 15.5. The molecule has 0 amide bonds. The Labute approximate surface area is 116 Å². The van der Waals surface area contributed by atoms with E-state index >= 15 is 0 Å². The maximum Gasteiger partial charge on any atom is 0.270 e.